The Labute approximate surface area is 191 Å². The number of carbonyl (C=O) groups is 1. The van der Waals surface area contributed by atoms with Crippen molar-refractivity contribution in [2.24, 2.45) is 0 Å². The van der Waals surface area contributed by atoms with E-state index in [-0.39, 0.29) is 17.3 Å². The standard InChI is InChI=1S/C20H22ClN3O3S2.ClH/c1-14-5-4-6-17-19(14)22-20(28-17)24(12-11-23(2)3)18(25)13-29(26,27)16-9-7-15(21)8-10-16;/h4-10H,11-13H2,1-3H3;1H. The molecule has 1 aromatic heterocycles. The van der Waals surface area contributed by atoms with Crippen molar-refractivity contribution in [1.29, 1.82) is 0 Å². The van der Waals surface area contributed by atoms with Crippen LogP contribution in [0.1, 0.15) is 5.56 Å². The average molecular weight is 488 g/mol. The van der Waals surface area contributed by atoms with E-state index < -0.39 is 21.5 Å². The van der Waals surface area contributed by atoms with Crippen LogP contribution in [0.5, 0.6) is 0 Å². The molecule has 2 aromatic carbocycles. The summed E-state index contributed by atoms with van der Waals surface area (Å²) in [5.74, 6) is -1.13. The summed E-state index contributed by atoms with van der Waals surface area (Å²) >= 11 is 7.23. The molecule has 3 rings (SSSR count). The lowest BCUT2D eigenvalue weighted by Gasteiger charge is -2.22. The highest BCUT2D eigenvalue weighted by Crippen LogP contribution is 2.31. The number of sulfone groups is 1. The SMILES string of the molecule is Cc1cccc2sc(N(CCN(C)C)C(=O)CS(=O)(=O)c3ccc(Cl)cc3)nc12.Cl. The molecule has 0 saturated heterocycles. The van der Waals surface area contributed by atoms with Crippen LogP contribution in [0, 0.1) is 6.92 Å². The summed E-state index contributed by atoms with van der Waals surface area (Å²) in [4.78, 5) is 21.1. The van der Waals surface area contributed by atoms with Crippen LogP contribution < -0.4 is 4.90 Å². The third-order valence-electron chi connectivity index (χ3n) is 4.40. The van der Waals surface area contributed by atoms with E-state index in [1.165, 1.54) is 40.5 Å². The van der Waals surface area contributed by atoms with Crippen LogP contribution >= 0.6 is 35.3 Å². The first-order valence-corrected chi connectivity index (χ1v) is 11.8. The van der Waals surface area contributed by atoms with Crippen LogP contribution in [-0.2, 0) is 14.6 Å². The van der Waals surface area contributed by atoms with Crippen molar-refractivity contribution in [1.82, 2.24) is 9.88 Å². The molecule has 0 bridgehead atoms. The van der Waals surface area contributed by atoms with E-state index >= 15 is 0 Å². The molecule has 0 atom stereocenters. The van der Waals surface area contributed by atoms with E-state index in [1.54, 1.807) is 0 Å². The van der Waals surface area contributed by atoms with E-state index in [9.17, 15) is 13.2 Å². The molecule has 0 unspecified atom stereocenters. The number of halogens is 2. The Hall–Kier alpha value is -1.71. The summed E-state index contributed by atoms with van der Waals surface area (Å²) in [6.07, 6.45) is 0. The predicted octanol–water partition coefficient (Wildman–Crippen LogP) is 4.05. The van der Waals surface area contributed by atoms with Gasteiger partial charge >= 0.3 is 0 Å². The summed E-state index contributed by atoms with van der Waals surface area (Å²) in [6.45, 7) is 2.89. The van der Waals surface area contributed by atoms with E-state index in [2.05, 4.69) is 4.98 Å². The molecule has 1 amide bonds. The highest BCUT2D eigenvalue weighted by molar-refractivity contribution is 7.92. The number of aryl methyl sites for hydroxylation is 1. The normalized spacial score (nSPS) is 11.5. The summed E-state index contributed by atoms with van der Waals surface area (Å²) in [5, 5.41) is 0.945. The van der Waals surface area contributed by atoms with Gasteiger partial charge in [0, 0.05) is 18.1 Å². The van der Waals surface area contributed by atoms with E-state index in [0.717, 1.165) is 15.8 Å². The average Bonchev–Trinajstić information content (AvgIpc) is 3.07. The molecule has 0 aliphatic carbocycles. The summed E-state index contributed by atoms with van der Waals surface area (Å²) < 4.78 is 26.4. The third kappa shape index (κ3) is 5.70. The van der Waals surface area contributed by atoms with Crippen molar-refractivity contribution in [2.75, 3.05) is 37.8 Å². The summed E-state index contributed by atoms with van der Waals surface area (Å²) in [5.41, 5.74) is 1.84. The first-order chi connectivity index (χ1) is 13.7. The number of aromatic nitrogens is 1. The Bertz CT molecular complexity index is 1130. The largest absolute Gasteiger partial charge is 0.308 e. The number of likely N-dealkylation sites (N-methyl/N-ethyl adjacent to an activating group) is 1. The number of para-hydroxylation sites is 1. The van der Waals surface area contributed by atoms with Crippen LogP contribution in [0.15, 0.2) is 47.4 Å². The maximum absolute atomic E-state index is 13.0. The number of fused-ring (bicyclic) bond motifs is 1. The Balaban J connectivity index is 0.00000320. The zero-order chi connectivity index (χ0) is 21.2. The van der Waals surface area contributed by atoms with Crippen molar-refractivity contribution < 1.29 is 13.2 Å². The fourth-order valence-electron chi connectivity index (χ4n) is 2.78. The molecule has 0 aliphatic heterocycles. The van der Waals surface area contributed by atoms with Gasteiger partial charge in [-0.25, -0.2) is 13.4 Å². The van der Waals surface area contributed by atoms with Gasteiger partial charge in [0.2, 0.25) is 5.91 Å². The van der Waals surface area contributed by atoms with Gasteiger partial charge in [0.25, 0.3) is 0 Å². The maximum Gasteiger partial charge on any atom is 0.244 e. The number of hydrogen-bond acceptors (Lipinski definition) is 6. The van der Waals surface area contributed by atoms with Gasteiger partial charge in [0.05, 0.1) is 15.1 Å². The van der Waals surface area contributed by atoms with Crippen LogP contribution in [0.3, 0.4) is 0 Å². The molecule has 6 nitrogen and oxygen atoms in total. The van der Waals surface area contributed by atoms with Crippen molar-refractivity contribution in [3.8, 4) is 0 Å². The fraction of sp³-hybridized carbons (Fsp3) is 0.300. The number of amides is 1. The molecule has 0 aliphatic rings. The van der Waals surface area contributed by atoms with Crippen LogP contribution in [0.25, 0.3) is 10.2 Å². The zero-order valence-electron chi connectivity index (χ0n) is 16.8. The number of anilines is 1. The second-order valence-electron chi connectivity index (χ2n) is 6.98. The molecule has 0 saturated carbocycles. The molecule has 0 spiro atoms. The maximum atomic E-state index is 13.0. The van der Waals surface area contributed by atoms with Crippen LogP contribution in [0.4, 0.5) is 5.13 Å². The minimum atomic E-state index is -3.79. The molecular weight excluding hydrogens is 465 g/mol. The minimum absolute atomic E-state index is 0. The van der Waals surface area contributed by atoms with E-state index in [1.807, 2.05) is 44.1 Å². The second kappa shape index (κ2) is 10.1. The lowest BCUT2D eigenvalue weighted by atomic mass is 10.2. The monoisotopic (exact) mass is 487 g/mol. The van der Waals surface area contributed by atoms with E-state index in [4.69, 9.17) is 11.6 Å². The Morgan fingerprint density at radius 3 is 2.37 bits per heavy atom. The lowest BCUT2D eigenvalue weighted by molar-refractivity contribution is -0.116. The molecule has 0 N–H and O–H groups in total. The Kier molecular flexibility index (Phi) is 8.24. The number of hydrogen-bond donors (Lipinski definition) is 0. The molecule has 30 heavy (non-hydrogen) atoms. The number of carbonyl (C=O) groups excluding carboxylic acids is 1. The van der Waals surface area contributed by atoms with Gasteiger partial charge in [0.1, 0.15) is 5.75 Å². The lowest BCUT2D eigenvalue weighted by Crippen LogP contribution is -2.40. The first kappa shape index (κ1) is 24.6. The number of thiazole rings is 1. The predicted molar refractivity (Wildman–Crippen MR) is 126 cm³/mol. The van der Waals surface area contributed by atoms with Gasteiger partial charge in [-0.05, 0) is 56.9 Å². The van der Waals surface area contributed by atoms with Crippen molar-refractivity contribution in [2.45, 2.75) is 11.8 Å². The molecule has 162 valence electrons. The topological polar surface area (TPSA) is 70.6 Å². The van der Waals surface area contributed by atoms with Gasteiger partial charge < -0.3 is 4.90 Å². The van der Waals surface area contributed by atoms with Gasteiger partial charge in [-0.3, -0.25) is 9.69 Å². The zero-order valence-corrected chi connectivity index (χ0v) is 20.0. The van der Waals surface area contributed by atoms with Gasteiger partial charge in [0.15, 0.2) is 15.0 Å². The molecule has 0 fully saturated rings. The number of rotatable bonds is 7. The number of nitrogens with zero attached hydrogens (tertiary/aromatic N) is 3. The third-order valence-corrected chi connectivity index (χ3v) is 7.31. The van der Waals surface area contributed by atoms with Crippen molar-refractivity contribution >= 4 is 66.4 Å². The summed E-state index contributed by atoms with van der Waals surface area (Å²) in [6, 6.07) is 11.7. The van der Waals surface area contributed by atoms with Gasteiger partial charge in [-0.15, -0.1) is 12.4 Å². The minimum Gasteiger partial charge on any atom is -0.308 e. The fourth-order valence-corrected chi connectivity index (χ4v) is 5.19. The van der Waals surface area contributed by atoms with Gasteiger partial charge in [-0.1, -0.05) is 35.1 Å². The first-order valence-electron chi connectivity index (χ1n) is 8.97. The highest BCUT2D eigenvalue weighted by Gasteiger charge is 2.26. The molecular formula is C20H23Cl2N3O3S2. The van der Waals surface area contributed by atoms with E-state index in [0.29, 0.717) is 23.2 Å². The smallest absolute Gasteiger partial charge is 0.244 e. The summed E-state index contributed by atoms with van der Waals surface area (Å²) in [7, 11) is 0.00415. The molecule has 10 heteroatoms. The van der Waals surface area contributed by atoms with Crippen molar-refractivity contribution in [3.63, 3.8) is 0 Å². The number of benzene rings is 2. The Morgan fingerprint density at radius 2 is 1.77 bits per heavy atom. The molecule has 0 radical (unpaired) electrons. The molecule has 3 aromatic rings. The second-order valence-corrected chi connectivity index (χ2v) is 10.4. The highest BCUT2D eigenvalue weighted by atomic mass is 35.5. The molecule has 1 heterocycles. The van der Waals surface area contributed by atoms with Crippen molar-refractivity contribution in [3.05, 3.63) is 53.1 Å². The van der Waals surface area contributed by atoms with Crippen LogP contribution in [0.2, 0.25) is 5.02 Å². The quantitative estimate of drug-likeness (QED) is 0.502. The van der Waals surface area contributed by atoms with Gasteiger partial charge in [-0.2, -0.15) is 0 Å². The Morgan fingerprint density at radius 1 is 1.10 bits per heavy atom. The van der Waals surface area contributed by atoms with Crippen LogP contribution in [-0.4, -0.2) is 57.1 Å².